The monoisotopic (exact) mass is 271 g/mol. The van der Waals surface area contributed by atoms with Gasteiger partial charge in [0, 0.05) is 16.6 Å². The molecule has 1 unspecified atom stereocenters. The predicted molar refractivity (Wildman–Crippen MR) is 72.7 cm³/mol. The van der Waals surface area contributed by atoms with Crippen LogP contribution in [0.3, 0.4) is 0 Å². The van der Waals surface area contributed by atoms with Crippen molar-refractivity contribution in [1.82, 2.24) is 4.90 Å². The lowest BCUT2D eigenvalue weighted by atomic mass is 10.1. The summed E-state index contributed by atoms with van der Waals surface area (Å²) in [6.45, 7) is 3.68. The molecule has 1 aliphatic heterocycles. The molecule has 3 nitrogen and oxygen atoms in total. The number of benzene rings is 1. The lowest BCUT2D eigenvalue weighted by molar-refractivity contribution is 0.347. The van der Waals surface area contributed by atoms with Gasteiger partial charge in [0.1, 0.15) is 0 Å². The lowest BCUT2D eigenvalue weighted by Crippen LogP contribution is -2.36. The molecule has 1 atom stereocenters. The number of halogens is 2. The summed E-state index contributed by atoms with van der Waals surface area (Å²) in [5.41, 5.74) is 6.95. The van der Waals surface area contributed by atoms with Crippen molar-refractivity contribution in [2.75, 3.05) is 13.1 Å². The fourth-order valence-corrected chi connectivity index (χ4v) is 2.64. The lowest BCUT2D eigenvalue weighted by Gasteiger charge is -2.26. The molecule has 0 saturated heterocycles. The molecule has 0 radical (unpaired) electrons. The fourth-order valence-electron chi connectivity index (χ4n) is 2.09. The van der Waals surface area contributed by atoms with Gasteiger partial charge in [0.25, 0.3) is 0 Å². The Hall–Kier alpha value is -0.930. The second-order valence-electron chi connectivity index (χ2n) is 4.11. The number of nitrogens with two attached hydrogens (primary N) is 1. The highest BCUT2D eigenvalue weighted by molar-refractivity contribution is 6.34. The molecule has 0 bridgehead atoms. The topological polar surface area (TPSA) is 41.6 Å². The highest BCUT2D eigenvalue weighted by Gasteiger charge is 2.26. The van der Waals surface area contributed by atoms with E-state index in [-0.39, 0.29) is 6.04 Å². The maximum absolute atomic E-state index is 6.02. The van der Waals surface area contributed by atoms with Crippen molar-refractivity contribution in [3.8, 4) is 0 Å². The third kappa shape index (κ3) is 2.67. The molecule has 0 amide bonds. The molecule has 0 fully saturated rings. The Morgan fingerprint density at radius 2 is 2.00 bits per heavy atom. The maximum atomic E-state index is 6.02. The highest BCUT2D eigenvalue weighted by Crippen LogP contribution is 2.30. The first-order valence-electron chi connectivity index (χ1n) is 5.64. The van der Waals surface area contributed by atoms with Gasteiger partial charge in [0.15, 0.2) is 5.96 Å². The highest BCUT2D eigenvalue weighted by atomic mass is 35.5. The Morgan fingerprint density at radius 1 is 1.35 bits per heavy atom. The summed E-state index contributed by atoms with van der Waals surface area (Å²) in [4.78, 5) is 6.39. The van der Waals surface area contributed by atoms with E-state index >= 15 is 0 Å². The number of hydrogen-bond donors (Lipinski definition) is 1. The number of rotatable bonds is 3. The van der Waals surface area contributed by atoms with Crippen molar-refractivity contribution in [3.05, 3.63) is 33.8 Å². The Kier molecular flexibility index (Phi) is 3.79. The average molecular weight is 272 g/mol. The minimum atomic E-state index is 0.158. The zero-order valence-electron chi connectivity index (χ0n) is 9.66. The molecule has 0 spiro atoms. The zero-order valence-corrected chi connectivity index (χ0v) is 11.2. The van der Waals surface area contributed by atoms with Crippen LogP contribution >= 0.6 is 23.2 Å². The van der Waals surface area contributed by atoms with Crippen molar-refractivity contribution < 1.29 is 0 Å². The second kappa shape index (κ2) is 5.15. The quantitative estimate of drug-likeness (QED) is 0.918. The number of hydrogen-bond acceptors (Lipinski definition) is 3. The Balaban J connectivity index is 2.27. The van der Waals surface area contributed by atoms with Crippen LogP contribution in [0, 0.1) is 0 Å². The first kappa shape index (κ1) is 12.5. The van der Waals surface area contributed by atoms with Crippen LogP contribution in [0.5, 0.6) is 0 Å². The maximum Gasteiger partial charge on any atom is 0.191 e. The minimum Gasteiger partial charge on any atom is -0.370 e. The first-order valence-corrected chi connectivity index (χ1v) is 6.40. The molecule has 2 rings (SSSR count). The second-order valence-corrected chi connectivity index (χ2v) is 4.98. The van der Waals surface area contributed by atoms with E-state index < -0.39 is 0 Å². The summed E-state index contributed by atoms with van der Waals surface area (Å²) >= 11 is 12.0. The van der Waals surface area contributed by atoms with Gasteiger partial charge >= 0.3 is 0 Å². The standard InChI is InChI=1S/C12H15Cl2N3/c1-2-3-17-11(7-16-12(17)15)8-4-9(13)6-10(14)5-8/h4-6,11H,2-3,7H2,1H3,(H2,15,16). The molecule has 0 aliphatic carbocycles. The van der Waals surface area contributed by atoms with Gasteiger partial charge in [-0.2, -0.15) is 0 Å². The summed E-state index contributed by atoms with van der Waals surface area (Å²) in [6, 6.07) is 5.74. The minimum absolute atomic E-state index is 0.158. The molecular formula is C12H15Cl2N3. The van der Waals surface area contributed by atoms with Gasteiger partial charge in [0.05, 0.1) is 12.6 Å². The van der Waals surface area contributed by atoms with Crippen molar-refractivity contribution in [2.45, 2.75) is 19.4 Å². The third-order valence-electron chi connectivity index (χ3n) is 2.83. The van der Waals surface area contributed by atoms with E-state index in [1.54, 1.807) is 6.07 Å². The van der Waals surface area contributed by atoms with Crippen molar-refractivity contribution >= 4 is 29.2 Å². The normalized spacial score (nSPS) is 19.6. The van der Waals surface area contributed by atoms with Gasteiger partial charge in [-0.1, -0.05) is 30.1 Å². The summed E-state index contributed by atoms with van der Waals surface area (Å²) in [6.07, 6.45) is 1.03. The van der Waals surface area contributed by atoms with E-state index in [1.807, 2.05) is 12.1 Å². The van der Waals surface area contributed by atoms with E-state index in [0.29, 0.717) is 22.5 Å². The van der Waals surface area contributed by atoms with Crippen LogP contribution in [0.1, 0.15) is 24.9 Å². The van der Waals surface area contributed by atoms with Gasteiger partial charge in [0.2, 0.25) is 0 Å². The van der Waals surface area contributed by atoms with Crippen molar-refractivity contribution in [3.63, 3.8) is 0 Å². The van der Waals surface area contributed by atoms with Gasteiger partial charge < -0.3 is 10.6 Å². The summed E-state index contributed by atoms with van der Waals surface area (Å²) < 4.78 is 0. The number of nitrogens with zero attached hydrogens (tertiary/aromatic N) is 2. The Labute approximate surface area is 111 Å². The first-order chi connectivity index (χ1) is 8.11. The number of guanidine groups is 1. The van der Waals surface area contributed by atoms with Gasteiger partial charge in [-0.05, 0) is 30.2 Å². The van der Waals surface area contributed by atoms with E-state index in [9.17, 15) is 0 Å². The van der Waals surface area contributed by atoms with Crippen LogP contribution in [0.25, 0.3) is 0 Å². The Bertz CT molecular complexity index is 425. The number of aliphatic imine (C=N–C) groups is 1. The van der Waals surface area contributed by atoms with Crippen LogP contribution in [-0.2, 0) is 0 Å². The van der Waals surface area contributed by atoms with Crippen LogP contribution in [0.15, 0.2) is 23.2 Å². The predicted octanol–water partition coefficient (Wildman–Crippen LogP) is 3.07. The molecule has 1 aromatic rings. The summed E-state index contributed by atoms with van der Waals surface area (Å²) in [5.74, 6) is 0.605. The van der Waals surface area contributed by atoms with E-state index in [1.165, 1.54) is 0 Å². The molecule has 1 aromatic carbocycles. The molecule has 2 N–H and O–H groups in total. The SMILES string of the molecule is CCCN1C(N)=NCC1c1cc(Cl)cc(Cl)c1. The average Bonchev–Trinajstić information content (AvgIpc) is 2.60. The van der Waals surface area contributed by atoms with Crippen LogP contribution < -0.4 is 5.73 Å². The van der Waals surface area contributed by atoms with Crippen molar-refractivity contribution in [1.29, 1.82) is 0 Å². The molecule has 17 heavy (non-hydrogen) atoms. The smallest absolute Gasteiger partial charge is 0.191 e. The Morgan fingerprint density at radius 3 is 2.59 bits per heavy atom. The van der Waals surface area contributed by atoms with E-state index in [2.05, 4.69) is 16.8 Å². The largest absolute Gasteiger partial charge is 0.370 e. The van der Waals surface area contributed by atoms with Crippen molar-refractivity contribution in [2.24, 2.45) is 10.7 Å². The molecule has 0 aromatic heterocycles. The van der Waals surface area contributed by atoms with Gasteiger partial charge in [-0.15, -0.1) is 0 Å². The molecule has 0 saturated carbocycles. The molecule has 1 heterocycles. The fraction of sp³-hybridized carbons (Fsp3) is 0.417. The van der Waals surface area contributed by atoms with Crippen LogP contribution in [0.2, 0.25) is 10.0 Å². The molecule has 5 heteroatoms. The van der Waals surface area contributed by atoms with Gasteiger partial charge in [-0.3, -0.25) is 4.99 Å². The molecular weight excluding hydrogens is 257 g/mol. The summed E-state index contributed by atoms with van der Waals surface area (Å²) in [7, 11) is 0. The van der Waals surface area contributed by atoms with Crippen LogP contribution in [0.4, 0.5) is 0 Å². The van der Waals surface area contributed by atoms with E-state index in [0.717, 1.165) is 18.5 Å². The summed E-state index contributed by atoms with van der Waals surface area (Å²) in [5, 5.41) is 1.30. The molecule has 92 valence electrons. The molecule has 1 aliphatic rings. The van der Waals surface area contributed by atoms with E-state index in [4.69, 9.17) is 28.9 Å². The van der Waals surface area contributed by atoms with Crippen LogP contribution in [-0.4, -0.2) is 23.9 Å². The third-order valence-corrected chi connectivity index (χ3v) is 3.27. The van der Waals surface area contributed by atoms with Gasteiger partial charge in [-0.25, -0.2) is 0 Å². The zero-order chi connectivity index (χ0) is 12.4.